The van der Waals surface area contributed by atoms with Crippen molar-refractivity contribution < 1.29 is 18.3 Å². The maximum atomic E-state index is 12.8. The monoisotopic (exact) mass is 230 g/mol. The summed E-state index contributed by atoms with van der Waals surface area (Å²) >= 11 is 5.52. The molecule has 0 saturated carbocycles. The normalized spacial score (nSPS) is 9.47. The van der Waals surface area contributed by atoms with Gasteiger partial charge in [-0.1, -0.05) is 17.5 Å². The van der Waals surface area contributed by atoms with E-state index in [0.717, 1.165) is 0 Å². The standard InChI is InChI=1S/C10H5ClF2O2/c1-2-3-15-10(14)6-4-8(12)9(13)5-7(6)11/h1,4-5H,3H2. The Kier molecular flexibility index (Phi) is 3.64. The van der Waals surface area contributed by atoms with Gasteiger partial charge in [-0.2, -0.15) is 0 Å². The lowest BCUT2D eigenvalue weighted by Gasteiger charge is -2.03. The Labute approximate surface area is 89.8 Å². The van der Waals surface area contributed by atoms with Crippen LogP contribution in [0.3, 0.4) is 0 Å². The second kappa shape index (κ2) is 4.76. The van der Waals surface area contributed by atoms with Crippen molar-refractivity contribution >= 4 is 17.6 Å². The molecule has 0 radical (unpaired) electrons. The quantitative estimate of drug-likeness (QED) is 0.443. The van der Waals surface area contributed by atoms with E-state index in [-0.39, 0.29) is 17.2 Å². The Morgan fingerprint density at radius 3 is 2.67 bits per heavy atom. The van der Waals surface area contributed by atoms with E-state index >= 15 is 0 Å². The molecule has 0 spiro atoms. The molecule has 0 aliphatic carbocycles. The van der Waals surface area contributed by atoms with Crippen LogP contribution in [0.5, 0.6) is 0 Å². The topological polar surface area (TPSA) is 26.3 Å². The molecule has 1 aromatic rings. The second-order valence-corrected chi connectivity index (χ2v) is 2.93. The lowest BCUT2D eigenvalue weighted by molar-refractivity contribution is 0.0556. The first-order valence-corrected chi connectivity index (χ1v) is 4.19. The summed E-state index contributed by atoms with van der Waals surface area (Å²) in [5, 5.41) is -0.226. The van der Waals surface area contributed by atoms with Crippen LogP contribution in [-0.4, -0.2) is 12.6 Å². The van der Waals surface area contributed by atoms with Gasteiger partial charge < -0.3 is 4.74 Å². The van der Waals surface area contributed by atoms with Crippen LogP contribution in [0, 0.1) is 24.0 Å². The fourth-order valence-electron chi connectivity index (χ4n) is 0.864. The van der Waals surface area contributed by atoms with Crippen molar-refractivity contribution in [3.05, 3.63) is 34.4 Å². The van der Waals surface area contributed by atoms with Crippen LogP contribution in [0.1, 0.15) is 10.4 Å². The van der Waals surface area contributed by atoms with Crippen molar-refractivity contribution in [2.24, 2.45) is 0 Å². The number of terminal acetylenes is 1. The van der Waals surface area contributed by atoms with E-state index in [1.165, 1.54) is 0 Å². The summed E-state index contributed by atoms with van der Waals surface area (Å²) in [5.41, 5.74) is -0.259. The Morgan fingerprint density at radius 1 is 1.47 bits per heavy atom. The zero-order valence-electron chi connectivity index (χ0n) is 7.39. The highest BCUT2D eigenvalue weighted by Crippen LogP contribution is 2.20. The van der Waals surface area contributed by atoms with Gasteiger partial charge in [0.05, 0.1) is 10.6 Å². The van der Waals surface area contributed by atoms with Crippen LogP contribution in [0.25, 0.3) is 0 Å². The number of carbonyl (C=O) groups excluding carboxylic acids is 1. The van der Waals surface area contributed by atoms with E-state index in [1.54, 1.807) is 0 Å². The van der Waals surface area contributed by atoms with Gasteiger partial charge in [0.25, 0.3) is 0 Å². The molecule has 0 bridgehead atoms. The highest BCUT2D eigenvalue weighted by atomic mass is 35.5. The number of ether oxygens (including phenoxy) is 1. The largest absolute Gasteiger partial charge is 0.449 e. The zero-order chi connectivity index (χ0) is 11.4. The molecule has 0 amide bonds. The first kappa shape index (κ1) is 11.5. The van der Waals surface area contributed by atoms with Crippen LogP contribution in [-0.2, 0) is 4.74 Å². The SMILES string of the molecule is C#CCOC(=O)c1cc(F)c(F)cc1Cl. The number of hydrogen-bond donors (Lipinski definition) is 0. The minimum absolute atomic E-state index is 0.226. The van der Waals surface area contributed by atoms with Crippen LogP contribution in [0.4, 0.5) is 8.78 Å². The van der Waals surface area contributed by atoms with Crippen molar-refractivity contribution in [3.8, 4) is 12.3 Å². The van der Waals surface area contributed by atoms with Gasteiger partial charge >= 0.3 is 5.97 Å². The van der Waals surface area contributed by atoms with Gasteiger partial charge in [0.15, 0.2) is 18.2 Å². The minimum Gasteiger partial charge on any atom is -0.449 e. The summed E-state index contributed by atoms with van der Waals surface area (Å²) < 4.78 is 29.9. The van der Waals surface area contributed by atoms with E-state index in [4.69, 9.17) is 18.0 Å². The Morgan fingerprint density at radius 2 is 2.07 bits per heavy atom. The maximum Gasteiger partial charge on any atom is 0.340 e. The highest BCUT2D eigenvalue weighted by molar-refractivity contribution is 6.33. The maximum absolute atomic E-state index is 12.8. The molecular weight excluding hydrogens is 226 g/mol. The number of benzene rings is 1. The fraction of sp³-hybridized carbons (Fsp3) is 0.100. The summed E-state index contributed by atoms with van der Waals surface area (Å²) in [5.74, 6) is -1.14. The molecule has 5 heteroatoms. The van der Waals surface area contributed by atoms with Crippen molar-refractivity contribution in [2.45, 2.75) is 0 Å². The fourth-order valence-corrected chi connectivity index (χ4v) is 1.09. The van der Waals surface area contributed by atoms with Crippen LogP contribution in [0.15, 0.2) is 12.1 Å². The Bertz CT molecular complexity index is 438. The number of rotatable bonds is 2. The van der Waals surface area contributed by atoms with Crippen molar-refractivity contribution in [1.29, 1.82) is 0 Å². The predicted octanol–water partition coefficient (Wildman–Crippen LogP) is 2.41. The van der Waals surface area contributed by atoms with E-state index in [1.807, 2.05) is 0 Å². The molecule has 2 nitrogen and oxygen atoms in total. The van der Waals surface area contributed by atoms with Gasteiger partial charge in [0.2, 0.25) is 0 Å². The molecule has 0 unspecified atom stereocenters. The molecule has 15 heavy (non-hydrogen) atoms. The smallest absolute Gasteiger partial charge is 0.340 e. The Balaban J connectivity index is 3.00. The summed E-state index contributed by atoms with van der Waals surface area (Å²) in [6.07, 6.45) is 4.85. The first-order chi connectivity index (χ1) is 7.06. The lowest BCUT2D eigenvalue weighted by atomic mass is 10.2. The second-order valence-electron chi connectivity index (χ2n) is 2.53. The number of esters is 1. The molecule has 0 aromatic heterocycles. The molecule has 0 N–H and O–H groups in total. The third kappa shape index (κ3) is 2.67. The summed E-state index contributed by atoms with van der Waals surface area (Å²) in [6.45, 7) is -0.256. The van der Waals surface area contributed by atoms with E-state index < -0.39 is 17.6 Å². The number of carbonyl (C=O) groups is 1. The van der Waals surface area contributed by atoms with Crippen LogP contribution >= 0.6 is 11.6 Å². The zero-order valence-corrected chi connectivity index (χ0v) is 8.15. The minimum atomic E-state index is -1.17. The lowest BCUT2D eigenvalue weighted by Crippen LogP contribution is -2.07. The van der Waals surface area contributed by atoms with Crippen molar-refractivity contribution in [1.82, 2.24) is 0 Å². The van der Waals surface area contributed by atoms with E-state index in [9.17, 15) is 13.6 Å². The molecular formula is C10H5ClF2O2. The van der Waals surface area contributed by atoms with E-state index in [0.29, 0.717) is 12.1 Å². The molecule has 78 valence electrons. The number of hydrogen-bond acceptors (Lipinski definition) is 2. The Hall–Kier alpha value is -1.60. The third-order valence-corrected chi connectivity index (χ3v) is 1.83. The molecule has 0 aliphatic heterocycles. The average molecular weight is 231 g/mol. The molecule has 1 aromatic carbocycles. The summed E-state index contributed by atoms with van der Waals surface area (Å²) in [4.78, 5) is 11.2. The van der Waals surface area contributed by atoms with Gasteiger partial charge in [-0.25, -0.2) is 13.6 Å². The van der Waals surface area contributed by atoms with Gasteiger partial charge in [-0.05, 0) is 12.1 Å². The molecule has 0 fully saturated rings. The first-order valence-electron chi connectivity index (χ1n) is 3.81. The summed E-state index contributed by atoms with van der Waals surface area (Å²) in [6, 6.07) is 1.36. The van der Waals surface area contributed by atoms with Gasteiger partial charge in [-0.3, -0.25) is 0 Å². The van der Waals surface area contributed by atoms with Crippen molar-refractivity contribution in [3.63, 3.8) is 0 Å². The van der Waals surface area contributed by atoms with Gasteiger partial charge in [0, 0.05) is 0 Å². The molecule has 0 atom stereocenters. The van der Waals surface area contributed by atoms with E-state index in [2.05, 4.69) is 10.7 Å². The highest BCUT2D eigenvalue weighted by Gasteiger charge is 2.15. The van der Waals surface area contributed by atoms with Gasteiger partial charge in [0.1, 0.15) is 0 Å². The number of halogens is 3. The third-order valence-electron chi connectivity index (χ3n) is 1.52. The van der Waals surface area contributed by atoms with Crippen LogP contribution in [0.2, 0.25) is 5.02 Å². The predicted molar refractivity (Wildman–Crippen MR) is 50.5 cm³/mol. The average Bonchev–Trinajstić information content (AvgIpc) is 2.20. The van der Waals surface area contributed by atoms with Crippen molar-refractivity contribution in [2.75, 3.05) is 6.61 Å². The van der Waals surface area contributed by atoms with Crippen LogP contribution < -0.4 is 0 Å². The molecule has 0 saturated heterocycles. The van der Waals surface area contributed by atoms with Gasteiger partial charge in [-0.15, -0.1) is 6.42 Å². The molecule has 1 rings (SSSR count). The molecule has 0 heterocycles. The summed E-state index contributed by atoms with van der Waals surface area (Å²) in [7, 11) is 0. The molecule has 0 aliphatic rings.